The summed E-state index contributed by atoms with van der Waals surface area (Å²) in [4.78, 5) is 1.20. The Kier molecular flexibility index (Phi) is 5.51. The van der Waals surface area contributed by atoms with Crippen LogP contribution in [0.4, 0.5) is 0 Å². The van der Waals surface area contributed by atoms with E-state index in [0.717, 1.165) is 33.5 Å². The highest BCUT2D eigenvalue weighted by Crippen LogP contribution is 2.37. The molecule has 0 saturated heterocycles. The molecule has 2 aromatic rings. The van der Waals surface area contributed by atoms with Gasteiger partial charge in [0.1, 0.15) is 0 Å². The lowest BCUT2D eigenvalue weighted by molar-refractivity contribution is 0.354. The van der Waals surface area contributed by atoms with Gasteiger partial charge < -0.3 is 14.8 Å². The molecule has 1 N–H and O–H groups in total. The van der Waals surface area contributed by atoms with Crippen LogP contribution >= 0.6 is 22.9 Å². The third-order valence-corrected chi connectivity index (χ3v) is 4.93. The zero-order chi connectivity index (χ0) is 15.4. The minimum Gasteiger partial charge on any atom is -0.493 e. The Bertz CT molecular complexity index is 593. The van der Waals surface area contributed by atoms with Gasteiger partial charge in [-0.25, -0.2) is 0 Å². The molecule has 2 rings (SSSR count). The van der Waals surface area contributed by atoms with E-state index in [1.54, 1.807) is 25.6 Å². The number of ether oxygens (including phenoxy) is 2. The Morgan fingerprint density at radius 3 is 2.43 bits per heavy atom. The maximum Gasteiger partial charge on any atom is 0.161 e. The second kappa shape index (κ2) is 7.16. The number of hydrogen-bond acceptors (Lipinski definition) is 4. The van der Waals surface area contributed by atoms with Gasteiger partial charge in [0.25, 0.3) is 0 Å². The van der Waals surface area contributed by atoms with Crippen molar-refractivity contribution < 1.29 is 9.47 Å². The third kappa shape index (κ3) is 3.51. The maximum atomic E-state index is 6.21. The normalized spacial score (nSPS) is 12.2. The summed E-state index contributed by atoms with van der Waals surface area (Å²) in [5.41, 5.74) is 2.24. The van der Waals surface area contributed by atoms with Crippen molar-refractivity contribution in [3.8, 4) is 11.5 Å². The summed E-state index contributed by atoms with van der Waals surface area (Å²) in [6.45, 7) is 4.99. The molecule has 0 aliphatic heterocycles. The summed E-state index contributed by atoms with van der Waals surface area (Å²) in [6.07, 6.45) is 0. The van der Waals surface area contributed by atoms with Gasteiger partial charge in [0.15, 0.2) is 11.5 Å². The SMILES string of the molecule is CCNC(c1ccc(OC)c(OC)c1)c1cc(C)c(Cl)s1. The molecule has 1 aromatic carbocycles. The van der Waals surface area contributed by atoms with Crippen molar-refractivity contribution in [3.63, 3.8) is 0 Å². The Labute approximate surface area is 134 Å². The van der Waals surface area contributed by atoms with E-state index in [1.165, 1.54) is 4.88 Å². The smallest absolute Gasteiger partial charge is 0.161 e. The lowest BCUT2D eigenvalue weighted by Crippen LogP contribution is -2.21. The average Bonchev–Trinajstić information content (AvgIpc) is 2.83. The van der Waals surface area contributed by atoms with Crippen molar-refractivity contribution in [2.45, 2.75) is 19.9 Å². The molecule has 1 atom stereocenters. The monoisotopic (exact) mass is 325 g/mol. The van der Waals surface area contributed by atoms with Gasteiger partial charge in [-0.15, -0.1) is 11.3 Å². The molecule has 1 unspecified atom stereocenters. The number of methoxy groups -OCH3 is 2. The first-order valence-electron chi connectivity index (χ1n) is 6.81. The minimum atomic E-state index is 0.103. The molecule has 0 aliphatic rings. The fourth-order valence-corrected chi connectivity index (χ4v) is 3.57. The van der Waals surface area contributed by atoms with Gasteiger partial charge in [-0.2, -0.15) is 0 Å². The number of aryl methyl sites for hydroxylation is 1. The quantitative estimate of drug-likeness (QED) is 0.852. The number of halogens is 1. The highest BCUT2D eigenvalue weighted by atomic mass is 35.5. The van der Waals surface area contributed by atoms with Gasteiger partial charge in [-0.1, -0.05) is 24.6 Å². The average molecular weight is 326 g/mol. The largest absolute Gasteiger partial charge is 0.493 e. The van der Waals surface area contributed by atoms with Gasteiger partial charge in [-0.05, 0) is 42.8 Å². The summed E-state index contributed by atoms with van der Waals surface area (Å²) in [5, 5.41) is 3.50. The van der Waals surface area contributed by atoms with Crippen molar-refractivity contribution in [1.29, 1.82) is 0 Å². The summed E-state index contributed by atoms with van der Waals surface area (Å²) in [6, 6.07) is 8.23. The maximum absolute atomic E-state index is 6.21. The van der Waals surface area contributed by atoms with E-state index >= 15 is 0 Å². The molecule has 5 heteroatoms. The number of rotatable bonds is 6. The Morgan fingerprint density at radius 1 is 1.19 bits per heavy atom. The van der Waals surface area contributed by atoms with E-state index in [4.69, 9.17) is 21.1 Å². The zero-order valence-corrected chi connectivity index (χ0v) is 14.3. The fourth-order valence-electron chi connectivity index (χ4n) is 2.25. The first-order chi connectivity index (χ1) is 10.1. The van der Waals surface area contributed by atoms with Crippen molar-refractivity contribution in [2.24, 2.45) is 0 Å². The van der Waals surface area contributed by atoms with Crippen LogP contribution in [-0.2, 0) is 0 Å². The summed E-state index contributed by atoms with van der Waals surface area (Å²) in [7, 11) is 3.29. The first kappa shape index (κ1) is 16.1. The third-order valence-electron chi connectivity index (χ3n) is 3.31. The molecule has 0 bridgehead atoms. The first-order valence-corrected chi connectivity index (χ1v) is 8.01. The van der Waals surface area contributed by atoms with Crippen LogP contribution in [0.15, 0.2) is 24.3 Å². The highest BCUT2D eigenvalue weighted by molar-refractivity contribution is 7.16. The molecule has 21 heavy (non-hydrogen) atoms. The number of hydrogen-bond donors (Lipinski definition) is 1. The number of thiophene rings is 1. The van der Waals surface area contributed by atoms with Gasteiger partial charge in [0.05, 0.1) is 24.6 Å². The summed E-state index contributed by atoms with van der Waals surface area (Å²) < 4.78 is 11.5. The summed E-state index contributed by atoms with van der Waals surface area (Å²) in [5.74, 6) is 1.47. The fraction of sp³-hybridized carbons (Fsp3) is 0.375. The Hall–Kier alpha value is -1.23. The molecule has 3 nitrogen and oxygen atoms in total. The molecule has 0 fully saturated rings. The van der Waals surface area contributed by atoms with Crippen molar-refractivity contribution in [3.05, 3.63) is 44.6 Å². The second-order valence-electron chi connectivity index (χ2n) is 4.71. The highest BCUT2D eigenvalue weighted by Gasteiger charge is 2.18. The predicted molar refractivity (Wildman–Crippen MR) is 89.1 cm³/mol. The number of nitrogens with one attached hydrogen (secondary N) is 1. The topological polar surface area (TPSA) is 30.5 Å². The second-order valence-corrected chi connectivity index (χ2v) is 6.40. The van der Waals surface area contributed by atoms with Crippen molar-refractivity contribution in [1.82, 2.24) is 5.32 Å². The Morgan fingerprint density at radius 2 is 1.90 bits per heavy atom. The van der Waals surface area contributed by atoms with Gasteiger partial charge >= 0.3 is 0 Å². The van der Waals surface area contributed by atoms with Crippen LogP contribution in [0.3, 0.4) is 0 Å². The van der Waals surface area contributed by atoms with Gasteiger partial charge in [0, 0.05) is 4.88 Å². The van der Waals surface area contributed by atoms with E-state index in [2.05, 4.69) is 24.4 Å². The van der Waals surface area contributed by atoms with Crippen LogP contribution in [0.1, 0.15) is 29.0 Å². The standard InChI is InChI=1S/C16H20ClNO2S/c1-5-18-15(14-8-10(2)16(17)21-14)11-6-7-12(19-3)13(9-11)20-4/h6-9,15,18H,5H2,1-4H3. The van der Waals surface area contributed by atoms with Crippen LogP contribution in [0, 0.1) is 6.92 Å². The Balaban J connectivity index is 2.42. The molecular formula is C16H20ClNO2S. The van der Waals surface area contributed by atoms with Crippen molar-refractivity contribution in [2.75, 3.05) is 20.8 Å². The van der Waals surface area contributed by atoms with E-state index in [0.29, 0.717) is 0 Å². The van der Waals surface area contributed by atoms with Crippen LogP contribution in [-0.4, -0.2) is 20.8 Å². The van der Waals surface area contributed by atoms with Crippen LogP contribution < -0.4 is 14.8 Å². The molecule has 114 valence electrons. The lowest BCUT2D eigenvalue weighted by Gasteiger charge is -2.18. The summed E-state index contributed by atoms with van der Waals surface area (Å²) >= 11 is 7.82. The van der Waals surface area contributed by atoms with Crippen LogP contribution in [0.5, 0.6) is 11.5 Å². The molecule has 0 saturated carbocycles. The van der Waals surface area contributed by atoms with Gasteiger partial charge in [-0.3, -0.25) is 0 Å². The predicted octanol–water partition coefficient (Wildman–Crippen LogP) is 4.43. The molecule has 1 heterocycles. The zero-order valence-electron chi connectivity index (χ0n) is 12.7. The molecule has 0 spiro atoms. The molecule has 0 amide bonds. The van der Waals surface area contributed by atoms with Gasteiger partial charge in [0.2, 0.25) is 0 Å². The number of benzene rings is 1. The van der Waals surface area contributed by atoms with Crippen molar-refractivity contribution >= 4 is 22.9 Å². The minimum absolute atomic E-state index is 0.103. The lowest BCUT2D eigenvalue weighted by atomic mass is 10.0. The molecular weight excluding hydrogens is 306 g/mol. The van der Waals surface area contributed by atoms with Crippen LogP contribution in [0.25, 0.3) is 0 Å². The van der Waals surface area contributed by atoms with E-state index in [-0.39, 0.29) is 6.04 Å². The van der Waals surface area contributed by atoms with E-state index < -0.39 is 0 Å². The van der Waals surface area contributed by atoms with Crippen LogP contribution in [0.2, 0.25) is 4.34 Å². The molecule has 0 radical (unpaired) electrons. The van der Waals surface area contributed by atoms with E-state index in [9.17, 15) is 0 Å². The molecule has 0 aliphatic carbocycles. The molecule has 1 aromatic heterocycles. The van der Waals surface area contributed by atoms with E-state index in [1.807, 2.05) is 19.1 Å².